The van der Waals surface area contributed by atoms with E-state index >= 15 is 0 Å². The molecular weight excluding hydrogens is 160 g/mol. The summed E-state index contributed by atoms with van der Waals surface area (Å²) in [5, 5.41) is 25.9. The summed E-state index contributed by atoms with van der Waals surface area (Å²) >= 11 is 0. The van der Waals surface area contributed by atoms with Crippen molar-refractivity contribution in [1.29, 1.82) is 5.39 Å². The molecule has 5 nitrogen and oxygen atoms in total. The van der Waals surface area contributed by atoms with Gasteiger partial charge >= 0.3 is 11.7 Å². The molecule has 0 heterocycles. The molecule has 0 aliphatic rings. The average Bonchev–Trinajstić information content (AvgIpc) is 2.03. The molecule has 2 N–H and O–H groups in total. The predicted molar refractivity (Wildman–Crippen MR) is 39.8 cm³/mol. The van der Waals surface area contributed by atoms with Gasteiger partial charge in [0.25, 0.3) is 0 Å². The molecule has 0 saturated heterocycles. The summed E-state index contributed by atoms with van der Waals surface area (Å²) in [5.74, 6) is -1.61. The number of carboxylic acid groups (broad SMARTS) is 1. The number of rotatable bonds is 1. The first kappa shape index (κ1) is 8.01. The number of benzene rings is 1. The Morgan fingerprint density at radius 2 is 2.17 bits per heavy atom. The molecule has 0 bridgehead atoms. The number of aromatic carboxylic acids is 1. The van der Waals surface area contributed by atoms with Gasteiger partial charge in [0.1, 0.15) is 0 Å². The van der Waals surface area contributed by atoms with Gasteiger partial charge in [-0.2, -0.15) is 0 Å². The van der Waals surface area contributed by atoms with Crippen LogP contribution in [0.2, 0.25) is 0 Å². The number of diazo groups is 1. The Bertz CT molecular complexity index is 367. The predicted octanol–water partition coefficient (Wildman–Crippen LogP) is 1.57. The third kappa shape index (κ3) is 1.18. The van der Waals surface area contributed by atoms with Crippen LogP contribution >= 0.6 is 0 Å². The summed E-state index contributed by atoms with van der Waals surface area (Å²) in [6.45, 7) is 0. The van der Waals surface area contributed by atoms with Crippen molar-refractivity contribution in [2.24, 2.45) is 0 Å². The topological polar surface area (TPSA) is 85.7 Å². The number of carbonyl (C=O) groups is 1. The van der Waals surface area contributed by atoms with Crippen LogP contribution in [0.1, 0.15) is 10.4 Å². The van der Waals surface area contributed by atoms with Gasteiger partial charge in [0.2, 0.25) is 11.1 Å². The van der Waals surface area contributed by atoms with Crippen molar-refractivity contribution < 1.29 is 15.0 Å². The van der Waals surface area contributed by atoms with Crippen molar-refractivity contribution in [3.63, 3.8) is 0 Å². The molecule has 5 heteroatoms. The van der Waals surface area contributed by atoms with Crippen LogP contribution in [0.4, 0.5) is 5.69 Å². The van der Waals surface area contributed by atoms with Crippen LogP contribution in [0.25, 0.3) is 4.98 Å². The lowest BCUT2D eigenvalue weighted by Gasteiger charge is -1.90. The highest BCUT2D eigenvalue weighted by Gasteiger charge is 2.24. The van der Waals surface area contributed by atoms with Crippen LogP contribution in [-0.4, -0.2) is 16.2 Å². The molecule has 0 aliphatic carbocycles. The Kier molecular flexibility index (Phi) is 1.92. The molecule has 60 valence electrons. The Morgan fingerprint density at radius 3 is 2.58 bits per heavy atom. The molecule has 0 saturated carbocycles. The van der Waals surface area contributed by atoms with E-state index in [4.69, 9.17) is 15.6 Å². The Labute approximate surface area is 67.5 Å². The molecule has 0 radical (unpaired) electrons. The fraction of sp³-hybridized carbons (Fsp3) is 0. The molecular formula is C7H5N2O3+. The Hall–Kier alpha value is -2.09. The normalized spacial score (nSPS) is 8.92. The first-order valence-electron chi connectivity index (χ1n) is 3.07. The van der Waals surface area contributed by atoms with Crippen molar-refractivity contribution in [2.45, 2.75) is 0 Å². The third-order valence-corrected chi connectivity index (χ3v) is 1.35. The second-order valence-corrected chi connectivity index (χ2v) is 2.08. The van der Waals surface area contributed by atoms with Gasteiger partial charge in [-0.05, 0) is 12.1 Å². The maximum atomic E-state index is 10.5. The lowest BCUT2D eigenvalue weighted by Crippen LogP contribution is -1.95. The zero-order chi connectivity index (χ0) is 9.14. The second-order valence-electron chi connectivity index (χ2n) is 2.08. The summed E-state index contributed by atoms with van der Waals surface area (Å²) in [7, 11) is 0. The summed E-state index contributed by atoms with van der Waals surface area (Å²) in [5.41, 5.74) is -0.567. The third-order valence-electron chi connectivity index (χ3n) is 1.35. The van der Waals surface area contributed by atoms with Gasteiger partial charge < -0.3 is 10.2 Å². The molecule has 0 amide bonds. The largest absolute Gasteiger partial charge is 0.501 e. The molecule has 0 aromatic heterocycles. The lowest BCUT2D eigenvalue weighted by molar-refractivity contribution is 0.0697. The second kappa shape index (κ2) is 2.88. The molecule has 0 fully saturated rings. The highest BCUT2D eigenvalue weighted by atomic mass is 16.4. The molecule has 0 spiro atoms. The minimum atomic E-state index is -1.25. The number of phenols is 1. The van der Waals surface area contributed by atoms with Crippen LogP contribution in [0.15, 0.2) is 18.2 Å². The van der Waals surface area contributed by atoms with Crippen molar-refractivity contribution in [1.82, 2.24) is 0 Å². The maximum absolute atomic E-state index is 10.5. The van der Waals surface area contributed by atoms with Gasteiger partial charge in [-0.15, -0.1) is 0 Å². The highest BCUT2D eigenvalue weighted by molar-refractivity contribution is 5.96. The van der Waals surface area contributed by atoms with Gasteiger partial charge in [0.05, 0.1) is 0 Å². The van der Waals surface area contributed by atoms with Crippen LogP contribution in [0.5, 0.6) is 5.75 Å². The molecule has 1 aromatic rings. The van der Waals surface area contributed by atoms with Crippen LogP contribution in [0.3, 0.4) is 0 Å². The number of phenolic OH excluding ortho intramolecular Hbond substituents is 1. The quantitative estimate of drug-likeness (QED) is 0.618. The maximum Gasteiger partial charge on any atom is 0.440 e. The molecule has 0 unspecified atom stereocenters. The van der Waals surface area contributed by atoms with Gasteiger partial charge in [-0.1, -0.05) is 6.07 Å². The fourth-order valence-electron chi connectivity index (χ4n) is 0.809. The monoisotopic (exact) mass is 165 g/mol. The lowest BCUT2D eigenvalue weighted by atomic mass is 10.2. The average molecular weight is 165 g/mol. The molecule has 12 heavy (non-hydrogen) atoms. The summed E-state index contributed by atoms with van der Waals surface area (Å²) < 4.78 is 0. The Balaban J connectivity index is 3.40. The minimum absolute atomic E-state index is 0.238. The first-order chi connectivity index (χ1) is 5.66. The van der Waals surface area contributed by atoms with Gasteiger partial charge in [0, 0.05) is 0 Å². The van der Waals surface area contributed by atoms with Crippen LogP contribution in [0, 0.1) is 5.39 Å². The smallest absolute Gasteiger partial charge is 0.440 e. The van der Waals surface area contributed by atoms with Gasteiger partial charge in [0.15, 0.2) is 10.5 Å². The molecule has 0 aliphatic heterocycles. The fourth-order valence-corrected chi connectivity index (χ4v) is 0.809. The van der Waals surface area contributed by atoms with E-state index in [-0.39, 0.29) is 17.0 Å². The van der Waals surface area contributed by atoms with Gasteiger partial charge in [-0.25, -0.2) is 4.79 Å². The number of hydrogen-bond donors (Lipinski definition) is 2. The van der Waals surface area contributed by atoms with E-state index in [1.54, 1.807) is 0 Å². The minimum Gasteiger partial charge on any atom is -0.501 e. The van der Waals surface area contributed by atoms with E-state index in [9.17, 15) is 4.79 Å². The number of hydrogen-bond acceptors (Lipinski definition) is 3. The van der Waals surface area contributed by atoms with Crippen molar-refractivity contribution in [3.8, 4) is 5.75 Å². The SMILES string of the molecule is N#[N+]c1c(O)cccc1C(=O)O. The van der Waals surface area contributed by atoms with Gasteiger partial charge in [-0.3, -0.25) is 0 Å². The zero-order valence-electron chi connectivity index (χ0n) is 5.93. The van der Waals surface area contributed by atoms with E-state index < -0.39 is 5.97 Å². The summed E-state index contributed by atoms with van der Waals surface area (Å²) in [6.07, 6.45) is 0. The van der Waals surface area contributed by atoms with E-state index in [1.165, 1.54) is 18.2 Å². The van der Waals surface area contributed by atoms with E-state index in [0.29, 0.717) is 0 Å². The summed E-state index contributed by atoms with van der Waals surface area (Å²) in [6, 6.07) is 3.83. The number of nitrogens with zero attached hydrogens (tertiary/aromatic N) is 2. The van der Waals surface area contributed by atoms with E-state index in [0.717, 1.165) is 0 Å². The Morgan fingerprint density at radius 1 is 1.50 bits per heavy atom. The van der Waals surface area contributed by atoms with Crippen molar-refractivity contribution in [2.75, 3.05) is 0 Å². The summed E-state index contributed by atoms with van der Waals surface area (Å²) in [4.78, 5) is 13.1. The zero-order valence-corrected chi connectivity index (χ0v) is 5.93. The van der Waals surface area contributed by atoms with Crippen molar-refractivity contribution >= 4 is 11.7 Å². The van der Waals surface area contributed by atoms with Crippen LogP contribution in [-0.2, 0) is 0 Å². The number of aromatic hydroxyl groups is 1. The molecule has 1 aromatic carbocycles. The molecule has 0 atom stereocenters. The molecule has 1 rings (SSSR count). The van der Waals surface area contributed by atoms with E-state index in [1.807, 2.05) is 0 Å². The van der Waals surface area contributed by atoms with Crippen LogP contribution < -0.4 is 0 Å². The van der Waals surface area contributed by atoms with Crippen molar-refractivity contribution in [3.05, 3.63) is 28.7 Å². The highest BCUT2D eigenvalue weighted by Crippen LogP contribution is 2.29. The number of carboxylic acids is 1. The first-order valence-corrected chi connectivity index (χ1v) is 3.07. The van der Waals surface area contributed by atoms with E-state index in [2.05, 4.69) is 4.98 Å². The standard InChI is InChI=1S/C7H4N2O3/c8-9-6-4(7(11)12)2-1-3-5(6)10/h1-3H,(H-,10,11,12)/p+1.